The van der Waals surface area contributed by atoms with Crippen LogP contribution in [-0.4, -0.2) is 10.1 Å². The van der Waals surface area contributed by atoms with Crippen molar-refractivity contribution in [1.82, 2.24) is 4.98 Å². The minimum Gasteiger partial charge on any atom is -0.507 e. The molecule has 0 unspecified atom stereocenters. The lowest BCUT2D eigenvalue weighted by Gasteiger charge is -2.05. The van der Waals surface area contributed by atoms with Crippen molar-refractivity contribution in [2.45, 2.75) is 0 Å². The summed E-state index contributed by atoms with van der Waals surface area (Å²) in [6.45, 7) is 0. The van der Waals surface area contributed by atoms with Crippen LogP contribution < -0.4 is 5.73 Å². The summed E-state index contributed by atoms with van der Waals surface area (Å²) in [6.07, 6.45) is 1.47. The van der Waals surface area contributed by atoms with Crippen molar-refractivity contribution in [2.75, 3.05) is 5.73 Å². The van der Waals surface area contributed by atoms with Gasteiger partial charge >= 0.3 is 0 Å². The molecule has 0 bridgehead atoms. The van der Waals surface area contributed by atoms with Crippen molar-refractivity contribution in [2.24, 2.45) is 0 Å². The van der Waals surface area contributed by atoms with Gasteiger partial charge in [-0.3, -0.25) is 4.98 Å². The molecule has 0 aliphatic rings. The number of nitrogens with two attached hydrogens (primary N) is 1. The molecule has 0 saturated heterocycles. The Kier molecular flexibility index (Phi) is 2.25. The Morgan fingerprint density at radius 1 is 1.27 bits per heavy atom. The first kappa shape index (κ1) is 9.45. The average Bonchev–Trinajstić information content (AvgIpc) is 2.20. The third-order valence-electron chi connectivity index (χ3n) is 2.04. The number of benzene rings is 1. The van der Waals surface area contributed by atoms with E-state index in [1.165, 1.54) is 30.5 Å². The highest BCUT2D eigenvalue weighted by atomic mass is 19.1. The minimum absolute atomic E-state index is 0.0763. The molecule has 0 aliphatic heterocycles. The van der Waals surface area contributed by atoms with Crippen LogP contribution >= 0.6 is 0 Å². The minimum atomic E-state index is -0.474. The highest BCUT2D eigenvalue weighted by Crippen LogP contribution is 2.30. The van der Waals surface area contributed by atoms with Crippen LogP contribution in [0.1, 0.15) is 0 Å². The highest BCUT2D eigenvalue weighted by molar-refractivity contribution is 5.69. The van der Waals surface area contributed by atoms with Crippen LogP contribution in [-0.2, 0) is 0 Å². The van der Waals surface area contributed by atoms with E-state index < -0.39 is 5.82 Å². The van der Waals surface area contributed by atoms with Gasteiger partial charge in [-0.05, 0) is 24.3 Å². The van der Waals surface area contributed by atoms with Gasteiger partial charge in [0.2, 0.25) is 0 Å². The number of anilines is 1. The second kappa shape index (κ2) is 3.57. The molecule has 0 radical (unpaired) electrons. The molecule has 0 fully saturated rings. The zero-order valence-corrected chi connectivity index (χ0v) is 7.81. The first-order valence-corrected chi connectivity index (χ1v) is 4.38. The molecule has 0 saturated carbocycles. The maximum absolute atomic E-state index is 13.4. The quantitative estimate of drug-likeness (QED) is 0.700. The number of nitrogens with zero attached hydrogens (tertiary/aromatic N) is 1. The molecule has 0 spiro atoms. The molecule has 2 rings (SSSR count). The third kappa shape index (κ3) is 1.74. The number of aromatic hydroxyl groups is 1. The van der Waals surface area contributed by atoms with Crippen LogP contribution in [0.25, 0.3) is 11.3 Å². The van der Waals surface area contributed by atoms with Gasteiger partial charge in [-0.15, -0.1) is 0 Å². The van der Waals surface area contributed by atoms with Gasteiger partial charge in [0.05, 0.1) is 0 Å². The van der Waals surface area contributed by atoms with Crippen LogP contribution in [0.3, 0.4) is 0 Å². The maximum atomic E-state index is 13.4. The van der Waals surface area contributed by atoms with Gasteiger partial charge in [0.25, 0.3) is 0 Å². The van der Waals surface area contributed by atoms with Crippen molar-refractivity contribution >= 4 is 5.69 Å². The molecule has 1 aromatic heterocycles. The zero-order chi connectivity index (χ0) is 10.8. The Morgan fingerprint density at radius 2 is 2.07 bits per heavy atom. The molecular weight excluding hydrogens is 195 g/mol. The second-order valence-electron chi connectivity index (χ2n) is 3.11. The van der Waals surface area contributed by atoms with Crippen molar-refractivity contribution in [3.05, 3.63) is 42.3 Å². The van der Waals surface area contributed by atoms with E-state index in [-0.39, 0.29) is 11.4 Å². The number of hydrogen-bond acceptors (Lipinski definition) is 3. The number of nitrogen functional groups attached to an aromatic ring is 1. The van der Waals surface area contributed by atoms with Crippen molar-refractivity contribution in [3.63, 3.8) is 0 Å². The van der Waals surface area contributed by atoms with Crippen LogP contribution in [0.2, 0.25) is 0 Å². The summed E-state index contributed by atoms with van der Waals surface area (Å²) in [5.74, 6) is -0.551. The molecule has 3 nitrogen and oxygen atoms in total. The lowest BCUT2D eigenvalue weighted by molar-refractivity contribution is 0.476. The molecule has 4 heteroatoms. The van der Waals surface area contributed by atoms with E-state index in [0.717, 1.165) is 0 Å². The predicted molar refractivity (Wildman–Crippen MR) is 55.7 cm³/mol. The largest absolute Gasteiger partial charge is 0.507 e. The van der Waals surface area contributed by atoms with Crippen LogP contribution in [0.4, 0.5) is 10.1 Å². The Morgan fingerprint density at radius 3 is 2.73 bits per heavy atom. The Labute approximate surface area is 86.0 Å². The summed E-state index contributed by atoms with van der Waals surface area (Å²) >= 11 is 0. The fourth-order valence-corrected chi connectivity index (χ4v) is 1.33. The molecule has 1 aromatic carbocycles. The summed E-state index contributed by atoms with van der Waals surface area (Å²) in [7, 11) is 0. The summed E-state index contributed by atoms with van der Waals surface area (Å²) in [5, 5.41) is 9.58. The van der Waals surface area contributed by atoms with Gasteiger partial charge in [0.1, 0.15) is 17.3 Å². The summed E-state index contributed by atoms with van der Waals surface area (Å²) in [4.78, 5) is 3.86. The molecule has 0 atom stereocenters. The lowest BCUT2D eigenvalue weighted by Crippen LogP contribution is -1.90. The van der Waals surface area contributed by atoms with E-state index in [2.05, 4.69) is 4.98 Å². The molecule has 3 N–H and O–H groups in total. The molecule has 0 amide bonds. The van der Waals surface area contributed by atoms with E-state index in [9.17, 15) is 9.50 Å². The van der Waals surface area contributed by atoms with E-state index >= 15 is 0 Å². The smallest absolute Gasteiger partial charge is 0.149 e. The van der Waals surface area contributed by atoms with E-state index in [1.807, 2.05) is 0 Å². The van der Waals surface area contributed by atoms with E-state index in [4.69, 9.17) is 5.73 Å². The van der Waals surface area contributed by atoms with E-state index in [1.54, 1.807) is 6.07 Å². The molecule has 0 aliphatic carbocycles. The number of aromatic nitrogens is 1. The van der Waals surface area contributed by atoms with Gasteiger partial charge in [0, 0.05) is 23.5 Å². The van der Waals surface area contributed by atoms with Crippen molar-refractivity contribution in [1.29, 1.82) is 0 Å². The summed E-state index contributed by atoms with van der Waals surface area (Å²) < 4.78 is 13.4. The molecule has 1 heterocycles. The Bertz CT molecular complexity index is 500. The lowest BCUT2D eigenvalue weighted by atomic mass is 10.1. The molecule has 2 aromatic rings. The van der Waals surface area contributed by atoms with Crippen molar-refractivity contribution < 1.29 is 9.50 Å². The fourth-order valence-electron chi connectivity index (χ4n) is 1.33. The maximum Gasteiger partial charge on any atom is 0.149 e. The van der Waals surface area contributed by atoms with Gasteiger partial charge in [-0.2, -0.15) is 0 Å². The molecule has 15 heavy (non-hydrogen) atoms. The van der Waals surface area contributed by atoms with Gasteiger partial charge in [-0.25, -0.2) is 4.39 Å². The highest BCUT2D eigenvalue weighted by Gasteiger charge is 2.10. The monoisotopic (exact) mass is 204 g/mol. The summed E-state index contributed by atoms with van der Waals surface area (Å²) in [5.41, 5.74) is 6.35. The van der Waals surface area contributed by atoms with Crippen LogP contribution in [0.5, 0.6) is 5.75 Å². The van der Waals surface area contributed by atoms with Gasteiger partial charge in [0.15, 0.2) is 0 Å². The number of pyridine rings is 1. The number of hydrogen-bond donors (Lipinski definition) is 2. The Balaban J connectivity index is 2.60. The normalized spacial score (nSPS) is 10.2. The first-order chi connectivity index (χ1) is 7.18. The number of phenolic OH excluding ortho intramolecular Hbond substituents is 1. The Hall–Kier alpha value is -2.10. The standard InChI is InChI=1S/C11H9FN2O/c12-9-2-1-5-14-11(9)8-4-3-7(13)6-10(8)15/h1-6,15H,13H2. The SMILES string of the molecule is Nc1ccc(-c2ncccc2F)c(O)c1. The fraction of sp³-hybridized carbons (Fsp3) is 0. The first-order valence-electron chi connectivity index (χ1n) is 4.38. The average molecular weight is 204 g/mol. The van der Waals surface area contributed by atoms with Gasteiger partial charge in [-0.1, -0.05) is 0 Å². The molecular formula is C11H9FN2O. The van der Waals surface area contributed by atoms with Gasteiger partial charge < -0.3 is 10.8 Å². The van der Waals surface area contributed by atoms with Crippen LogP contribution in [0.15, 0.2) is 36.5 Å². The van der Waals surface area contributed by atoms with Crippen molar-refractivity contribution in [3.8, 4) is 17.0 Å². The predicted octanol–water partition coefficient (Wildman–Crippen LogP) is 2.18. The third-order valence-corrected chi connectivity index (χ3v) is 2.04. The zero-order valence-electron chi connectivity index (χ0n) is 7.81. The second-order valence-corrected chi connectivity index (χ2v) is 3.11. The topological polar surface area (TPSA) is 59.1 Å². The van der Waals surface area contributed by atoms with Crippen LogP contribution in [0, 0.1) is 5.82 Å². The summed E-state index contributed by atoms with van der Waals surface area (Å²) in [6, 6.07) is 7.27. The number of rotatable bonds is 1. The molecule has 76 valence electrons. The number of halogens is 1. The van der Waals surface area contributed by atoms with E-state index in [0.29, 0.717) is 11.3 Å². The number of phenols is 1.